The van der Waals surface area contributed by atoms with Gasteiger partial charge < -0.3 is 4.57 Å². The molecule has 1 nitrogen and oxygen atoms in total. The molecule has 0 aliphatic carbocycles. The third-order valence-electron chi connectivity index (χ3n) is 6.48. The van der Waals surface area contributed by atoms with Crippen LogP contribution in [0, 0.1) is 0 Å². The minimum Gasteiger partial charge on any atom is -0.309 e. The Balaban J connectivity index is 1.50. The lowest BCUT2D eigenvalue weighted by Crippen LogP contribution is -1.93. The molecular formula is C30H18BrNS. The second kappa shape index (κ2) is 7.31. The normalized spacial score (nSPS) is 11.8. The van der Waals surface area contributed by atoms with Gasteiger partial charge in [-0.3, -0.25) is 0 Å². The van der Waals surface area contributed by atoms with Crippen molar-refractivity contribution >= 4 is 69.2 Å². The van der Waals surface area contributed by atoms with E-state index in [4.69, 9.17) is 0 Å². The minimum atomic E-state index is 1.10. The van der Waals surface area contributed by atoms with Crippen molar-refractivity contribution < 1.29 is 0 Å². The van der Waals surface area contributed by atoms with Crippen LogP contribution in [0.5, 0.6) is 0 Å². The molecule has 0 aliphatic rings. The second-order valence-corrected chi connectivity index (χ2v) is 10.3. The third-order valence-corrected chi connectivity index (χ3v) is 8.22. The monoisotopic (exact) mass is 503 g/mol. The maximum absolute atomic E-state index is 3.53. The molecule has 156 valence electrons. The Morgan fingerprint density at radius 3 is 2.00 bits per heavy atom. The van der Waals surface area contributed by atoms with E-state index in [9.17, 15) is 0 Å². The van der Waals surface area contributed by atoms with Gasteiger partial charge in [-0.1, -0.05) is 82.7 Å². The molecule has 33 heavy (non-hydrogen) atoms. The second-order valence-electron chi connectivity index (χ2n) is 8.34. The molecule has 0 saturated carbocycles. The van der Waals surface area contributed by atoms with E-state index in [1.807, 2.05) is 11.3 Å². The van der Waals surface area contributed by atoms with Crippen LogP contribution in [0.25, 0.3) is 58.8 Å². The number of thiophene rings is 1. The molecule has 0 amide bonds. The summed E-state index contributed by atoms with van der Waals surface area (Å²) in [6.07, 6.45) is 0. The number of halogens is 1. The van der Waals surface area contributed by atoms with Crippen molar-refractivity contribution in [2.45, 2.75) is 0 Å². The van der Waals surface area contributed by atoms with E-state index in [0.717, 1.165) is 4.47 Å². The van der Waals surface area contributed by atoms with E-state index >= 15 is 0 Å². The van der Waals surface area contributed by atoms with Crippen LogP contribution in [-0.4, -0.2) is 4.57 Å². The van der Waals surface area contributed by atoms with Crippen LogP contribution < -0.4 is 0 Å². The fourth-order valence-corrected chi connectivity index (χ4v) is 6.48. The number of nitrogens with zero attached hydrogens (tertiary/aromatic N) is 1. The molecule has 2 aromatic heterocycles. The van der Waals surface area contributed by atoms with Crippen molar-refractivity contribution in [2.24, 2.45) is 0 Å². The van der Waals surface area contributed by atoms with Crippen LogP contribution in [0.2, 0.25) is 0 Å². The highest BCUT2D eigenvalue weighted by Gasteiger charge is 2.17. The van der Waals surface area contributed by atoms with E-state index in [0.29, 0.717) is 0 Å². The lowest BCUT2D eigenvalue weighted by atomic mass is 10.1. The molecule has 0 unspecified atom stereocenters. The van der Waals surface area contributed by atoms with Gasteiger partial charge >= 0.3 is 0 Å². The Morgan fingerprint density at radius 2 is 1.21 bits per heavy atom. The SMILES string of the molecule is Brc1ccc(-c2ccc(-n3c4ccccc4c4c5sc6ccccc6c5ccc43)cc2)cc1. The first-order valence-corrected chi connectivity index (χ1v) is 12.6. The summed E-state index contributed by atoms with van der Waals surface area (Å²) >= 11 is 5.43. The first-order valence-electron chi connectivity index (χ1n) is 11.0. The number of aromatic nitrogens is 1. The van der Waals surface area contributed by atoms with Gasteiger partial charge in [0.25, 0.3) is 0 Å². The number of hydrogen-bond donors (Lipinski definition) is 0. The molecule has 0 spiro atoms. The molecule has 0 atom stereocenters. The Kier molecular flexibility index (Phi) is 4.23. The maximum Gasteiger partial charge on any atom is 0.0555 e. The van der Waals surface area contributed by atoms with Gasteiger partial charge in [0.1, 0.15) is 0 Å². The van der Waals surface area contributed by atoms with Gasteiger partial charge in [0.2, 0.25) is 0 Å². The Hall–Kier alpha value is -3.40. The predicted octanol–water partition coefficient (Wildman–Crippen LogP) is 9.58. The summed E-state index contributed by atoms with van der Waals surface area (Å²) in [7, 11) is 0. The molecule has 0 N–H and O–H groups in total. The molecule has 0 saturated heterocycles. The molecule has 0 aliphatic heterocycles. The molecule has 0 bridgehead atoms. The topological polar surface area (TPSA) is 4.93 Å². The number of fused-ring (bicyclic) bond motifs is 7. The van der Waals surface area contributed by atoms with Gasteiger partial charge in [-0.05, 0) is 53.6 Å². The first kappa shape index (κ1) is 19.1. The Labute approximate surface area is 203 Å². The summed E-state index contributed by atoms with van der Waals surface area (Å²) in [5, 5.41) is 5.34. The van der Waals surface area contributed by atoms with Gasteiger partial charge in [0.05, 0.1) is 11.0 Å². The fourth-order valence-electron chi connectivity index (χ4n) is 4.96. The Morgan fingerprint density at radius 1 is 0.545 bits per heavy atom. The summed E-state index contributed by atoms with van der Waals surface area (Å²) in [4.78, 5) is 0. The predicted molar refractivity (Wildman–Crippen MR) is 147 cm³/mol. The molecule has 0 fully saturated rings. The molecule has 0 radical (unpaired) electrons. The zero-order chi connectivity index (χ0) is 21.9. The average molecular weight is 504 g/mol. The van der Waals surface area contributed by atoms with Gasteiger partial charge in [0.15, 0.2) is 0 Å². The van der Waals surface area contributed by atoms with Crippen LogP contribution in [0.15, 0.2) is 114 Å². The minimum absolute atomic E-state index is 1.10. The highest BCUT2D eigenvalue weighted by atomic mass is 79.9. The van der Waals surface area contributed by atoms with Crippen molar-refractivity contribution in [1.82, 2.24) is 4.57 Å². The lowest BCUT2D eigenvalue weighted by molar-refractivity contribution is 1.18. The van der Waals surface area contributed by atoms with Gasteiger partial charge in [-0.25, -0.2) is 0 Å². The summed E-state index contributed by atoms with van der Waals surface area (Å²) in [5.41, 5.74) is 6.13. The van der Waals surface area contributed by atoms with Crippen LogP contribution in [0.1, 0.15) is 0 Å². The van der Waals surface area contributed by atoms with Gasteiger partial charge in [-0.2, -0.15) is 0 Å². The van der Waals surface area contributed by atoms with Crippen LogP contribution in [-0.2, 0) is 0 Å². The van der Waals surface area contributed by atoms with Gasteiger partial charge in [-0.15, -0.1) is 11.3 Å². The zero-order valence-corrected chi connectivity index (χ0v) is 20.0. The summed E-state index contributed by atoms with van der Waals surface area (Å²) in [5.74, 6) is 0. The largest absolute Gasteiger partial charge is 0.309 e. The summed E-state index contributed by atoms with van der Waals surface area (Å²) in [6.45, 7) is 0. The smallest absolute Gasteiger partial charge is 0.0555 e. The lowest BCUT2D eigenvalue weighted by Gasteiger charge is -2.09. The van der Waals surface area contributed by atoms with E-state index in [1.165, 1.54) is 58.8 Å². The van der Waals surface area contributed by atoms with Crippen LogP contribution in [0.3, 0.4) is 0 Å². The molecule has 5 aromatic carbocycles. The van der Waals surface area contributed by atoms with E-state index in [1.54, 1.807) is 0 Å². The van der Waals surface area contributed by atoms with Crippen LogP contribution in [0.4, 0.5) is 0 Å². The highest BCUT2D eigenvalue weighted by Crippen LogP contribution is 2.43. The molecular weight excluding hydrogens is 486 g/mol. The zero-order valence-electron chi connectivity index (χ0n) is 17.6. The number of para-hydroxylation sites is 1. The van der Waals surface area contributed by atoms with Gasteiger partial charge in [0, 0.05) is 41.1 Å². The maximum atomic E-state index is 3.53. The standard InChI is InChI=1S/C30H18BrNS/c31-21-13-9-19(10-14-21)20-11-15-22(16-12-20)32-26-7-3-1-6-25(26)29-27(32)18-17-24-23-5-2-4-8-28(23)33-30(24)29/h1-18H. The van der Waals surface area contributed by atoms with E-state index in [-0.39, 0.29) is 0 Å². The molecule has 3 heteroatoms. The molecule has 7 rings (SSSR count). The number of hydrogen-bond acceptors (Lipinski definition) is 1. The van der Waals surface area contributed by atoms with Crippen molar-refractivity contribution in [3.63, 3.8) is 0 Å². The number of rotatable bonds is 2. The number of benzene rings is 5. The highest BCUT2D eigenvalue weighted by molar-refractivity contribution is 9.10. The Bertz CT molecular complexity index is 1810. The van der Waals surface area contributed by atoms with Crippen molar-refractivity contribution in [3.8, 4) is 16.8 Å². The van der Waals surface area contributed by atoms with Crippen molar-refractivity contribution in [2.75, 3.05) is 0 Å². The van der Waals surface area contributed by atoms with Crippen molar-refractivity contribution in [1.29, 1.82) is 0 Å². The third kappa shape index (κ3) is 2.90. The van der Waals surface area contributed by atoms with E-state index in [2.05, 4.69) is 130 Å². The summed E-state index contributed by atoms with van der Waals surface area (Å²) < 4.78 is 6.21. The van der Waals surface area contributed by atoms with Crippen molar-refractivity contribution in [3.05, 3.63) is 114 Å². The first-order chi connectivity index (χ1) is 16.3. The molecule has 2 heterocycles. The average Bonchev–Trinajstić information content (AvgIpc) is 3.40. The van der Waals surface area contributed by atoms with Crippen LogP contribution >= 0.6 is 27.3 Å². The fraction of sp³-hybridized carbons (Fsp3) is 0. The summed E-state index contributed by atoms with van der Waals surface area (Å²) in [6, 6.07) is 39.5. The quantitative estimate of drug-likeness (QED) is 0.221. The van der Waals surface area contributed by atoms with E-state index < -0.39 is 0 Å². The molecule has 7 aromatic rings.